The molecule has 0 aliphatic rings. The Morgan fingerprint density at radius 2 is 1.68 bits per heavy atom. The van der Waals surface area contributed by atoms with Crippen LogP contribution in [0.5, 0.6) is 11.5 Å². The maximum Gasteiger partial charge on any atom is 0.251 e. The van der Waals surface area contributed by atoms with Crippen molar-refractivity contribution < 1.29 is 19.1 Å². The standard InChI is InChI=1S/C22H28N2O4/c1-15-6-8-18(12-16(15)2)22(26)23-14-21(25)24(3)11-10-17-7-9-19(27-4)20(13-17)28-5/h6-9,12-13H,10-11,14H2,1-5H3,(H,23,26). The summed E-state index contributed by atoms with van der Waals surface area (Å²) in [6.45, 7) is 4.45. The fourth-order valence-corrected chi connectivity index (χ4v) is 2.73. The van der Waals surface area contributed by atoms with Gasteiger partial charge in [0.25, 0.3) is 5.91 Å². The number of hydrogen-bond acceptors (Lipinski definition) is 4. The number of nitrogens with one attached hydrogen (secondary N) is 1. The summed E-state index contributed by atoms with van der Waals surface area (Å²) in [5, 5.41) is 2.69. The average molecular weight is 384 g/mol. The van der Waals surface area contributed by atoms with Crippen LogP contribution in [0.15, 0.2) is 36.4 Å². The first-order chi connectivity index (χ1) is 13.3. The minimum absolute atomic E-state index is 0.0335. The number of likely N-dealkylation sites (N-methyl/N-ethyl adjacent to an activating group) is 1. The highest BCUT2D eigenvalue weighted by Gasteiger charge is 2.13. The fourth-order valence-electron chi connectivity index (χ4n) is 2.73. The van der Waals surface area contributed by atoms with Gasteiger partial charge in [-0.2, -0.15) is 0 Å². The third kappa shape index (κ3) is 5.49. The summed E-state index contributed by atoms with van der Waals surface area (Å²) in [5.74, 6) is 0.946. The van der Waals surface area contributed by atoms with Crippen molar-refractivity contribution in [1.29, 1.82) is 0 Å². The van der Waals surface area contributed by atoms with Crippen LogP contribution in [0.4, 0.5) is 0 Å². The van der Waals surface area contributed by atoms with E-state index in [1.807, 2.05) is 44.2 Å². The summed E-state index contributed by atoms with van der Waals surface area (Å²) in [6, 6.07) is 11.2. The van der Waals surface area contributed by atoms with E-state index in [1.54, 1.807) is 32.2 Å². The van der Waals surface area contributed by atoms with Crippen molar-refractivity contribution in [2.45, 2.75) is 20.3 Å². The van der Waals surface area contributed by atoms with Gasteiger partial charge in [0.15, 0.2) is 11.5 Å². The molecule has 0 saturated heterocycles. The zero-order valence-electron chi connectivity index (χ0n) is 17.2. The average Bonchev–Trinajstić information content (AvgIpc) is 2.71. The van der Waals surface area contributed by atoms with Gasteiger partial charge in [0.1, 0.15) is 0 Å². The third-order valence-corrected chi connectivity index (χ3v) is 4.78. The van der Waals surface area contributed by atoms with E-state index in [0.29, 0.717) is 30.0 Å². The first kappa shape index (κ1) is 21.3. The van der Waals surface area contributed by atoms with Crippen LogP contribution in [0.2, 0.25) is 0 Å². The molecule has 6 nitrogen and oxygen atoms in total. The molecule has 0 fully saturated rings. The number of hydrogen-bond donors (Lipinski definition) is 1. The van der Waals surface area contributed by atoms with Crippen LogP contribution in [0.3, 0.4) is 0 Å². The zero-order chi connectivity index (χ0) is 20.7. The van der Waals surface area contributed by atoms with E-state index in [4.69, 9.17) is 9.47 Å². The molecule has 0 aromatic heterocycles. The Hall–Kier alpha value is -3.02. The second-order valence-corrected chi connectivity index (χ2v) is 6.74. The van der Waals surface area contributed by atoms with Crippen LogP contribution >= 0.6 is 0 Å². The van der Waals surface area contributed by atoms with E-state index in [1.165, 1.54) is 0 Å². The molecule has 0 saturated carbocycles. The fraction of sp³-hybridized carbons (Fsp3) is 0.364. The molecule has 1 N–H and O–H groups in total. The van der Waals surface area contributed by atoms with Gasteiger partial charge in [-0.1, -0.05) is 12.1 Å². The quantitative estimate of drug-likeness (QED) is 0.760. The number of amides is 2. The second kappa shape index (κ2) is 9.78. The van der Waals surface area contributed by atoms with Crippen molar-refractivity contribution in [3.63, 3.8) is 0 Å². The Labute approximate surface area is 166 Å². The lowest BCUT2D eigenvalue weighted by atomic mass is 10.1. The molecule has 2 aromatic rings. The zero-order valence-corrected chi connectivity index (χ0v) is 17.2. The lowest BCUT2D eigenvalue weighted by Gasteiger charge is -2.18. The molecule has 0 heterocycles. The van der Waals surface area contributed by atoms with E-state index < -0.39 is 0 Å². The van der Waals surface area contributed by atoms with Gasteiger partial charge < -0.3 is 19.7 Å². The highest BCUT2D eigenvalue weighted by atomic mass is 16.5. The molecule has 0 unspecified atom stereocenters. The maximum absolute atomic E-state index is 12.3. The summed E-state index contributed by atoms with van der Waals surface area (Å²) >= 11 is 0. The topological polar surface area (TPSA) is 67.9 Å². The molecule has 28 heavy (non-hydrogen) atoms. The highest BCUT2D eigenvalue weighted by Crippen LogP contribution is 2.27. The summed E-state index contributed by atoms with van der Waals surface area (Å²) in [5.41, 5.74) is 3.77. The molecule has 0 aliphatic carbocycles. The Kier molecular flexibility index (Phi) is 7.44. The summed E-state index contributed by atoms with van der Waals surface area (Å²) in [6.07, 6.45) is 0.674. The lowest BCUT2D eigenvalue weighted by Crippen LogP contribution is -2.39. The van der Waals surface area contributed by atoms with E-state index in [9.17, 15) is 9.59 Å². The van der Waals surface area contributed by atoms with Crippen molar-refractivity contribution in [2.24, 2.45) is 0 Å². The summed E-state index contributed by atoms with van der Waals surface area (Å²) in [7, 11) is 4.91. The van der Waals surface area contributed by atoms with Gasteiger partial charge in [-0.25, -0.2) is 0 Å². The van der Waals surface area contributed by atoms with E-state index in [-0.39, 0.29) is 18.4 Å². The molecule has 0 aliphatic heterocycles. The lowest BCUT2D eigenvalue weighted by molar-refractivity contribution is -0.128. The molecular weight excluding hydrogens is 356 g/mol. The van der Waals surface area contributed by atoms with Crippen molar-refractivity contribution >= 4 is 11.8 Å². The monoisotopic (exact) mass is 384 g/mol. The van der Waals surface area contributed by atoms with Gasteiger partial charge in [-0.3, -0.25) is 9.59 Å². The molecule has 0 bridgehead atoms. The second-order valence-electron chi connectivity index (χ2n) is 6.74. The summed E-state index contributed by atoms with van der Waals surface area (Å²) < 4.78 is 10.5. The van der Waals surface area contributed by atoms with Gasteiger partial charge in [-0.15, -0.1) is 0 Å². The Morgan fingerprint density at radius 3 is 2.32 bits per heavy atom. The van der Waals surface area contributed by atoms with E-state index in [0.717, 1.165) is 16.7 Å². The molecule has 0 radical (unpaired) electrons. The Morgan fingerprint density at radius 1 is 0.964 bits per heavy atom. The molecular formula is C22H28N2O4. The predicted octanol–water partition coefficient (Wildman–Crippen LogP) is 2.75. The van der Waals surface area contributed by atoms with Crippen LogP contribution < -0.4 is 14.8 Å². The number of carbonyl (C=O) groups excluding carboxylic acids is 2. The first-order valence-electron chi connectivity index (χ1n) is 9.16. The molecule has 6 heteroatoms. The highest BCUT2D eigenvalue weighted by molar-refractivity contribution is 5.96. The molecule has 2 aromatic carbocycles. The third-order valence-electron chi connectivity index (χ3n) is 4.78. The van der Waals surface area contributed by atoms with Crippen molar-refractivity contribution in [1.82, 2.24) is 10.2 Å². The van der Waals surface area contributed by atoms with E-state index in [2.05, 4.69) is 5.32 Å². The summed E-state index contributed by atoms with van der Waals surface area (Å²) in [4.78, 5) is 26.2. The van der Waals surface area contributed by atoms with Crippen LogP contribution in [0.1, 0.15) is 27.0 Å². The number of methoxy groups -OCH3 is 2. The van der Waals surface area contributed by atoms with Gasteiger partial charge >= 0.3 is 0 Å². The van der Waals surface area contributed by atoms with Gasteiger partial charge in [0.05, 0.1) is 20.8 Å². The molecule has 2 amide bonds. The molecule has 2 rings (SSSR count). The number of carbonyl (C=O) groups is 2. The van der Waals surface area contributed by atoms with Crippen LogP contribution in [-0.4, -0.2) is 51.1 Å². The van der Waals surface area contributed by atoms with Gasteiger partial charge in [-0.05, 0) is 61.2 Å². The first-order valence-corrected chi connectivity index (χ1v) is 9.16. The minimum atomic E-state index is -0.246. The number of aryl methyl sites for hydroxylation is 2. The van der Waals surface area contributed by atoms with E-state index >= 15 is 0 Å². The SMILES string of the molecule is COc1ccc(CCN(C)C(=O)CNC(=O)c2ccc(C)c(C)c2)cc1OC. The minimum Gasteiger partial charge on any atom is -0.493 e. The van der Waals surface area contributed by atoms with Crippen LogP contribution in [0.25, 0.3) is 0 Å². The van der Waals surface area contributed by atoms with Gasteiger partial charge in [0, 0.05) is 19.2 Å². The predicted molar refractivity (Wildman–Crippen MR) is 109 cm³/mol. The smallest absolute Gasteiger partial charge is 0.251 e. The number of ether oxygens (including phenoxy) is 2. The molecule has 0 atom stereocenters. The number of rotatable bonds is 8. The van der Waals surface area contributed by atoms with Crippen LogP contribution in [-0.2, 0) is 11.2 Å². The molecule has 0 spiro atoms. The normalized spacial score (nSPS) is 10.3. The van der Waals surface area contributed by atoms with Gasteiger partial charge in [0.2, 0.25) is 5.91 Å². The Bertz CT molecular complexity index is 848. The van der Waals surface area contributed by atoms with Crippen molar-refractivity contribution in [3.05, 3.63) is 58.7 Å². The maximum atomic E-state index is 12.3. The largest absolute Gasteiger partial charge is 0.493 e. The number of benzene rings is 2. The number of nitrogens with zero attached hydrogens (tertiary/aromatic N) is 1. The Balaban J connectivity index is 1.85. The van der Waals surface area contributed by atoms with Crippen molar-refractivity contribution in [3.8, 4) is 11.5 Å². The van der Waals surface area contributed by atoms with Crippen molar-refractivity contribution in [2.75, 3.05) is 34.4 Å². The van der Waals surface area contributed by atoms with Crippen LogP contribution in [0, 0.1) is 13.8 Å². The molecule has 150 valence electrons.